The van der Waals surface area contributed by atoms with E-state index in [0.717, 1.165) is 4.64 Å². The first-order valence-electron chi connectivity index (χ1n) is 3.32. The fourth-order valence-corrected chi connectivity index (χ4v) is 2.17. The predicted octanol–water partition coefficient (Wildman–Crippen LogP) is 2.97. The van der Waals surface area contributed by atoms with Crippen molar-refractivity contribution in [2.45, 2.75) is 0 Å². The number of hydrogen-bond acceptors (Lipinski definition) is 2. The Hall–Kier alpha value is -0.670. The largest absolute Gasteiger partial charge is 0.327 e. The number of aryl methyl sites for hydroxylation is 1. The maximum absolute atomic E-state index is 5.12. The zero-order chi connectivity index (χ0) is 7.84. The summed E-state index contributed by atoms with van der Waals surface area (Å²) in [6.07, 6.45) is 0. The van der Waals surface area contributed by atoms with Crippen molar-refractivity contribution >= 4 is 33.8 Å². The first-order chi connectivity index (χ1) is 5.29. The summed E-state index contributed by atoms with van der Waals surface area (Å²) < 4.78 is 2.93. The number of fused-ring (bicyclic) bond motifs is 1. The van der Waals surface area contributed by atoms with Gasteiger partial charge in [0.2, 0.25) is 0 Å². The summed E-state index contributed by atoms with van der Waals surface area (Å²) in [5.74, 6) is 0. The van der Waals surface area contributed by atoms with Crippen LogP contribution in [0.3, 0.4) is 0 Å². The highest BCUT2D eigenvalue weighted by Gasteiger charge is 1.95. The Labute approximate surface area is 73.9 Å². The van der Waals surface area contributed by atoms with E-state index in [1.807, 2.05) is 17.7 Å². The van der Waals surface area contributed by atoms with Gasteiger partial charge in [-0.2, -0.15) is 0 Å². The summed E-state index contributed by atoms with van der Waals surface area (Å²) in [5, 5.41) is 3.35. The lowest BCUT2D eigenvalue weighted by Gasteiger charge is -1.98. The van der Waals surface area contributed by atoms with Crippen LogP contribution in [0.2, 0.25) is 0 Å². The standard InChI is InChI=1S/C8H7NS2/c1-9-7(10)3-2-6-4-5-11-8(6)9/h2-5H,1H3. The second-order valence-electron chi connectivity index (χ2n) is 2.41. The molecule has 0 N–H and O–H groups in total. The topological polar surface area (TPSA) is 4.93 Å². The van der Waals surface area contributed by atoms with Crippen LogP contribution in [0.15, 0.2) is 23.6 Å². The molecule has 0 unspecified atom stereocenters. The average Bonchev–Trinajstić information content (AvgIpc) is 2.45. The molecule has 2 heterocycles. The summed E-state index contributed by atoms with van der Waals surface area (Å²) >= 11 is 6.84. The Kier molecular flexibility index (Phi) is 1.55. The molecule has 0 spiro atoms. The molecule has 11 heavy (non-hydrogen) atoms. The lowest BCUT2D eigenvalue weighted by molar-refractivity contribution is 0.945. The van der Waals surface area contributed by atoms with Gasteiger partial charge in [-0.1, -0.05) is 12.2 Å². The van der Waals surface area contributed by atoms with Gasteiger partial charge in [-0.3, -0.25) is 0 Å². The van der Waals surface area contributed by atoms with Crippen molar-refractivity contribution in [3.05, 3.63) is 28.2 Å². The SMILES string of the molecule is Cn1c(=S)ccc2ccsc21. The molecule has 2 rings (SSSR count). The van der Waals surface area contributed by atoms with Crippen molar-refractivity contribution in [1.82, 2.24) is 4.57 Å². The van der Waals surface area contributed by atoms with Crippen LogP contribution in [-0.2, 0) is 7.05 Å². The number of thiophene rings is 1. The fraction of sp³-hybridized carbons (Fsp3) is 0.125. The van der Waals surface area contributed by atoms with Gasteiger partial charge in [-0.05, 0) is 23.6 Å². The van der Waals surface area contributed by atoms with Crippen LogP contribution in [0.25, 0.3) is 10.2 Å². The minimum absolute atomic E-state index is 0.889. The first-order valence-corrected chi connectivity index (χ1v) is 4.61. The molecule has 0 aliphatic heterocycles. The van der Waals surface area contributed by atoms with E-state index in [4.69, 9.17) is 12.2 Å². The summed E-state index contributed by atoms with van der Waals surface area (Å²) in [4.78, 5) is 1.25. The third-order valence-corrected chi connectivity index (χ3v) is 3.13. The molecular formula is C8H7NS2. The van der Waals surface area contributed by atoms with Crippen LogP contribution < -0.4 is 0 Å². The lowest BCUT2D eigenvalue weighted by atomic mass is 10.3. The number of nitrogens with zero attached hydrogens (tertiary/aromatic N) is 1. The molecule has 2 aromatic rings. The van der Waals surface area contributed by atoms with E-state index in [-0.39, 0.29) is 0 Å². The highest BCUT2D eigenvalue weighted by atomic mass is 32.1. The van der Waals surface area contributed by atoms with Crippen LogP contribution in [0.5, 0.6) is 0 Å². The maximum Gasteiger partial charge on any atom is 0.106 e. The molecule has 56 valence electrons. The molecule has 2 aromatic heterocycles. The molecule has 3 heteroatoms. The Morgan fingerprint density at radius 1 is 1.36 bits per heavy atom. The van der Waals surface area contributed by atoms with Gasteiger partial charge in [0.25, 0.3) is 0 Å². The minimum Gasteiger partial charge on any atom is -0.327 e. The Balaban J connectivity index is 3.04. The van der Waals surface area contributed by atoms with E-state index in [2.05, 4.69) is 17.5 Å². The van der Waals surface area contributed by atoms with Gasteiger partial charge >= 0.3 is 0 Å². The average molecular weight is 181 g/mol. The minimum atomic E-state index is 0.889. The molecular weight excluding hydrogens is 174 g/mol. The third-order valence-electron chi connectivity index (χ3n) is 1.71. The zero-order valence-electron chi connectivity index (χ0n) is 6.07. The summed E-state index contributed by atoms with van der Waals surface area (Å²) in [7, 11) is 2.00. The molecule has 0 bridgehead atoms. The first kappa shape index (κ1) is 7.00. The molecule has 0 saturated heterocycles. The van der Waals surface area contributed by atoms with E-state index >= 15 is 0 Å². The quantitative estimate of drug-likeness (QED) is 0.566. The van der Waals surface area contributed by atoms with Gasteiger partial charge < -0.3 is 4.57 Å². The Bertz CT molecular complexity index is 439. The van der Waals surface area contributed by atoms with Gasteiger partial charge in [-0.15, -0.1) is 11.3 Å². The molecule has 0 atom stereocenters. The Morgan fingerprint density at radius 3 is 3.00 bits per heavy atom. The molecule has 0 aliphatic carbocycles. The third kappa shape index (κ3) is 1.01. The van der Waals surface area contributed by atoms with Crippen LogP contribution in [0, 0.1) is 4.64 Å². The molecule has 0 fully saturated rings. The van der Waals surface area contributed by atoms with Crippen LogP contribution in [-0.4, -0.2) is 4.57 Å². The van der Waals surface area contributed by atoms with Gasteiger partial charge in [0.05, 0.1) is 0 Å². The smallest absolute Gasteiger partial charge is 0.106 e. The van der Waals surface area contributed by atoms with Crippen LogP contribution >= 0.6 is 23.6 Å². The molecule has 0 radical (unpaired) electrons. The molecule has 1 nitrogen and oxygen atoms in total. The highest BCUT2D eigenvalue weighted by molar-refractivity contribution is 7.71. The molecule has 0 amide bonds. The second-order valence-corrected chi connectivity index (χ2v) is 3.72. The lowest BCUT2D eigenvalue weighted by Crippen LogP contribution is -1.89. The number of hydrogen-bond donors (Lipinski definition) is 0. The molecule has 0 aromatic carbocycles. The Morgan fingerprint density at radius 2 is 2.18 bits per heavy atom. The predicted molar refractivity (Wildman–Crippen MR) is 51.6 cm³/mol. The monoisotopic (exact) mass is 181 g/mol. The number of pyridine rings is 1. The van der Waals surface area contributed by atoms with Gasteiger partial charge in [0, 0.05) is 12.4 Å². The molecule has 0 aliphatic rings. The number of rotatable bonds is 0. The molecule has 0 saturated carbocycles. The van der Waals surface area contributed by atoms with Crippen molar-refractivity contribution in [2.75, 3.05) is 0 Å². The second kappa shape index (κ2) is 2.43. The van der Waals surface area contributed by atoms with Gasteiger partial charge in [0.15, 0.2) is 0 Å². The highest BCUT2D eigenvalue weighted by Crippen LogP contribution is 2.19. The summed E-state index contributed by atoms with van der Waals surface area (Å²) in [6.45, 7) is 0. The van der Waals surface area contributed by atoms with Crippen molar-refractivity contribution in [1.29, 1.82) is 0 Å². The van der Waals surface area contributed by atoms with Crippen molar-refractivity contribution < 1.29 is 0 Å². The summed E-state index contributed by atoms with van der Waals surface area (Å²) in [5.41, 5.74) is 0. The van der Waals surface area contributed by atoms with E-state index in [9.17, 15) is 0 Å². The van der Waals surface area contributed by atoms with E-state index in [1.54, 1.807) is 11.3 Å². The van der Waals surface area contributed by atoms with E-state index in [1.165, 1.54) is 10.2 Å². The van der Waals surface area contributed by atoms with Gasteiger partial charge in [-0.25, -0.2) is 0 Å². The normalized spacial score (nSPS) is 10.6. The van der Waals surface area contributed by atoms with E-state index < -0.39 is 0 Å². The maximum atomic E-state index is 5.12. The van der Waals surface area contributed by atoms with Crippen LogP contribution in [0.4, 0.5) is 0 Å². The number of aromatic nitrogens is 1. The fourth-order valence-electron chi connectivity index (χ4n) is 1.08. The summed E-state index contributed by atoms with van der Waals surface area (Å²) in [6, 6.07) is 6.13. The zero-order valence-corrected chi connectivity index (χ0v) is 7.71. The van der Waals surface area contributed by atoms with Crippen molar-refractivity contribution in [3.63, 3.8) is 0 Å². The van der Waals surface area contributed by atoms with E-state index in [0.29, 0.717) is 0 Å². The van der Waals surface area contributed by atoms with Gasteiger partial charge in [0.1, 0.15) is 9.47 Å². The van der Waals surface area contributed by atoms with Crippen LogP contribution in [0.1, 0.15) is 0 Å². The van der Waals surface area contributed by atoms with Crippen molar-refractivity contribution in [2.24, 2.45) is 7.05 Å². The van der Waals surface area contributed by atoms with Crippen molar-refractivity contribution in [3.8, 4) is 0 Å².